The third-order valence-corrected chi connectivity index (χ3v) is 4.16. The molecule has 0 spiro atoms. The zero-order valence-electron chi connectivity index (χ0n) is 14.4. The van der Waals surface area contributed by atoms with Gasteiger partial charge in [-0.1, -0.05) is 37.3 Å². The molecule has 0 saturated heterocycles. The number of fused-ring (bicyclic) bond motifs is 1. The van der Waals surface area contributed by atoms with Crippen LogP contribution in [0.4, 0.5) is 5.69 Å². The molecule has 3 rings (SSSR count). The van der Waals surface area contributed by atoms with E-state index in [1.807, 2.05) is 77.9 Å². The highest BCUT2D eigenvalue weighted by molar-refractivity contribution is 5.94. The summed E-state index contributed by atoms with van der Waals surface area (Å²) in [5.74, 6) is 1.02. The van der Waals surface area contributed by atoms with E-state index in [1.165, 1.54) is 0 Å². The predicted octanol–water partition coefficient (Wildman–Crippen LogP) is 4.04. The van der Waals surface area contributed by atoms with Gasteiger partial charge in [0.15, 0.2) is 0 Å². The minimum absolute atomic E-state index is 0.0778. The number of aryl methyl sites for hydroxylation is 1. The first-order chi connectivity index (χ1) is 11.6. The van der Waals surface area contributed by atoms with Crippen molar-refractivity contribution in [1.29, 1.82) is 0 Å². The number of carbonyl (C=O) groups is 1. The van der Waals surface area contributed by atoms with Crippen molar-refractivity contribution in [3.8, 4) is 0 Å². The number of carbonyl (C=O) groups excluding carboxylic acids is 1. The number of benzene rings is 2. The molecule has 0 bridgehead atoms. The Hall–Kier alpha value is -2.62. The molecule has 1 amide bonds. The standard InChI is InChI=1S/C20H23N3O/c1-4-19-21-17-12-8-9-13-18(17)22(19)14-20(24)23(15(2)3)16-10-6-5-7-11-16/h5-13,15H,4,14H2,1-3H3. The van der Waals surface area contributed by atoms with Crippen LogP contribution >= 0.6 is 0 Å². The van der Waals surface area contributed by atoms with Crippen molar-refractivity contribution >= 4 is 22.6 Å². The van der Waals surface area contributed by atoms with Crippen LogP contribution in [0.5, 0.6) is 0 Å². The fourth-order valence-corrected chi connectivity index (χ4v) is 3.10. The molecule has 0 aliphatic heterocycles. The number of anilines is 1. The van der Waals surface area contributed by atoms with Gasteiger partial charge < -0.3 is 9.47 Å². The van der Waals surface area contributed by atoms with Crippen LogP contribution in [0.15, 0.2) is 54.6 Å². The Balaban J connectivity index is 1.96. The van der Waals surface area contributed by atoms with Crippen LogP contribution in [-0.2, 0) is 17.8 Å². The topological polar surface area (TPSA) is 38.1 Å². The molecule has 0 aliphatic carbocycles. The Morgan fingerprint density at radius 2 is 1.75 bits per heavy atom. The van der Waals surface area contributed by atoms with E-state index < -0.39 is 0 Å². The maximum atomic E-state index is 13.0. The summed E-state index contributed by atoms with van der Waals surface area (Å²) in [4.78, 5) is 19.6. The first-order valence-electron chi connectivity index (χ1n) is 8.43. The molecule has 24 heavy (non-hydrogen) atoms. The van der Waals surface area contributed by atoms with Crippen molar-refractivity contribution in [3.63, 3.8) is 0 Å². The number of hydrogen-bond acceptors (Lipinski definition) is 2. The quantitative estimate of drug-likeness (QED) is 0.711. The molecule has 0 aliphatic rings. The van der Waals surface area contributed by atoms with Crippen LogP contribution < -0.4 is 4.90 Å². The Morgan fingerprint density at radius 1 is 1.08 bits per heavy atom. The van der Waals surface area contributed by atoms with Crippen LogP contribution in [0.25, 0.3) is 11.0 Å². The van der Waals surface area contributed by atoms with E-state index in [1.54, 1.807) is 0 Å². The summed E-state index contributed by atoms with van der Waals surface area (Å²) in [5, 5.41) is 0. The zero-order valence-corrected chi connectivity index (χ0v) is 14.4. The molecule has 1 heterocycles. The maximum absolute atomic E-state index is 13.0. The molecule has 0 fully saturated rings. The smallest absolute Gasteiger partial charge is 0.247 e. The summed E-state index contributed by atoms with van der Waals surface area (Å²) in [6.07, 6.45) is 0.801. The second-order valence-electron chi connectivity index (χ2n) is 6.15. The summed E-state index contributed by atoms with van der Waals surface area (Å²) in [6.45, 7) is 6.45. The van der Waals surface area contributed by atoms with E-state index in [-0.39, 0.29) is 11.9 Å². The van der Waals surface area contributed by atoms with E-state index in [0.717, 1.165) is 29.0 Å². The van der Waals surface area contributed by atoms with Gasteiger partial charge in [0.2, 0.25) is 5.91 Å². The lowest BCUT2D eigenvalue weighted by Gasteiger charge is -2.27. The van der Waals surface area contributed by atoms with Gasteiger partial charge in [0, 0.05) is 18.2 Å². The number of hydrogen-bond donors (Lipinski definition) is 0. The van der Waals surface area contributed by atoms with Gasteiger partial charge in [0.05, 0.1) is 11.0 Å². The van der Waals surface area contributed by atoms with E-state index in [0.29, 0.717) is 6.54 Å². The highest BCUT2D eigenvalue weighted by Gasteiger charge is 2.21. The third-order valence-electron chi connectivity index (χ3n) is 4.16. The lowest BCUT2D eigenvalue weighted by Crippen LogP contribution is -2.39. The molecule has 0 N–H and O–H groups in total. The molecule has 2 aromatic carbocycles. The second-order valence-corrected chi connectivity index (χ2v) is 6.15. The summed E-state index contributed by atoms with van der Waals surface area (Å²) in [6, 6.07) is 17.9. The minimum Gasteiger partial charge on any atom is -0.318 e. The van der Waals surface area contributed by atoms with Gasteiger partial charge in [-0.2, -0.15) is 0 Å². The van der Waals surface area contributed by atoms with Crippen molar-refractivity contribution in [1.82, 2.24) is 9.55 Å². The SMILES string of the molecule is CCc1nc2ccccc2n1CC(=O)N(c1ccccc1)C(C)C. The van der Waals surface area contributed by atoms with Crippen LogP contribution in [0.2, 0.25) is 0 Å². The second kappa shape index (κ2) is 6.87. The number of amides is 1. The summed E-state index contributed by atoms with van der Waals surface area (Å²) in [5.41, 5.74) is 2.89. The van der Waals surface area contributed by atoms with Crippen molar-refractivity contribution in [2.45, 2.75) is 39.8 Å². The van der Waals surface area contributed by atoms with Gasteiger partial charge in [-0.3, -0.25) is 4.79 Å². The van der Waals surface area contributed by atoms with Gasteiger partial charge in [0.1, 0.15) is 12.4 Å². The van der Waals surface area contributed by atoms with Gasteiger partial charge in [-0.25, -0.2) is 4.98 Å². The molecular weight excluding hydrogens is 298 g/mol. The number of para-hydroxylation sites is 3. The first kappa shape index (κ1) is 16.2. The van der Waals surface area contributed by atoms with E-state index in [2.05, 4.69) is 11.9 Å². The number of imidazole rings is 1. The average molecular weight is 321 g/mol. The summed E-state index contributed by atoms with van der Waals surface area (Å²) < 4.78 is 2.04. The number of aromatic nitrogens is 2. The minimum atomic E-state index is 0.0778. The molecule has 4 heteroatoms. The van der Waals surface area contributed by atoms with Gasteiger partial charge >= 0.3 is 0 Å². The monoisotopic (exact) mass is 321 g/mol. The van der Waals surface area contributed by atoms with Gasteiger partial charge in [0.25, 0.3) is 0 Å². The van der Waals surface area contributed by atoms with E-state index >= 15 is 0 Å². The molecule has 0 atom stereocenters. The first-order valence-corrected chi connectivity index (χ1v) is 8.43. The van der Waals surface area contributed by atoms with Gasteiger partial charge in [-0.05, 0) is 38.1 Å². The Labute approximate surface area is 142 Å². The van der Waals surface area contributed by atoms with Crippen LogP contribution in [-0.4, -0.2) is 21.5 Å². The Bertz CT molecular complexity index is 836. The lowest BCUT2D eigenvalue weighted by atomic mass is 10.2. The highest BCUT2D eigenvalue weighted by Crippen LogP contribution is 2.20. The van der Waals surface area contributed by atoms with E-state index in [4.69, 9.17) is 0 Å². The maximum Gasteiger partial charge on any atom is 0.247 e. The fourth-order valence-electron chi connectivity index (χ4n) is 3.10. The average Bonchev–Trinajstić information content (AvgIpc) is 2.93. The molecule has 3 aromatic rings. The number of nitrogens with zero attached hydrogens (tertiary/aromatic N) is 3. The summed E-state index contributed by atoms with van der Waals surface area (Å²) in [7, 11) is 0. The molecule has 0 saturated carbocycles. The van der Waals surface area contributed by atoms with Crippen molar-refractivity contribution in [2.75, 3.05) is 4.90 Å². The number of rotatable bonds is 5. The molecule has 4 nitrogen and oxygen atoms in total. The Kier molecular flexibility index (Phi) is 4.65. The lowest BCUT2D eigenvalue weighted by molar-refractivity contribution is -0.119. The molecule has 0 radical (unpaired) electrons. The van der Waals surface area contributed by atoms with Gasteiger partial charge in [-0.15, -0.1) is 0 Å². The zero-order chi connectivity index (χ0) is 17.1. The van der Waals surface area contributed by atoms with Crippen LogP contribution in [0.3, 0.4) is 0 Å². The normalized spacial score (nSPS) is 11.2. The Morgan fingerprint density at radius 3 is 2.42 bits per heavy atom. The molecule has 0 unspecified atom stereocenters. The molecular formula is C20H23N3O. The highest BCUT2D eigenvalue weighted by atomic mass is 16.2. The van der Waals surface area contributed by atoms with Crippen molar-refractivity contribution in [2.24, 2.45) is 0 Å². The molecule has 1 aromatic heterocycles. The third kappa shape index (κ3) is 3.04. The fraction of sp³-hybridized carbons (Fsp3) is 0.300. The molecule has 124 valence electrons. The largest absolute Gasteiger partial charge is 0.318 e. The van der Waals surface area contributed by atoms with Crippen LogP contribution in [0.1, 0.15) is 26.6 Å². The van der Waals surface area contributed by atoms with Crippen LogP contribution in [0, 0.1) is 0 Å². The van der Waals surface area contributed by atoms with Crippen molar-refractivity contribution in [3.05, 3.63) is 60.4 Å². The van der Waals surface area contributed by atoms with E-state index in [9.17, 15) is 4.79 Å². The summed E-state index contributed by atoms with van der Waals surface area (Å²) >= 11 is 0. The predicted molar refractivity (Wildman–Crippen MR) is 98.2 cm³/mol. The van der Waals surface area contributed by atoms with Crippen molar-refractivity contribution < 1.29 is 4.79 Å².